The maximum atomic E-state index is 2.58. The van der Waals surface area contributed by atoms with Crippen LogP contribution in [-0.2, 0) is 0 Å². The first-order chi connectivity index (χ1) is 6.24. The minimum absolute atomic E-state index is 0.645. The van der Waals surface area contributed by atoms with E-state index < -0.39 is 0 Å². The fraction of sp³-hybridized carbons (Fsp3) is 1.00. The maximum Gasteiger partial charge on any atom is -0.0156 e. The van der Waals surface area contributed by atoms with Crippen molar-refractivity contribution in [2.75, 3.05) is 0 Å². The molecule has 0 bridgehead atoms. The Morgan fingerprint density at radius 2 is 1.43 bits per heavy atom. The van der Waals surface area contributed by atoms with Crippen LogP contribution < -0.4 is 0 Å². The second-order valence-electron chi connectivity index (χ2n) is 7.38. The van der Waals surface area contributed by atoms with Crippen molar-refractivity contribution < 1.29 is 0 Å². The highest BCUT2D eigenvalue weighted by Gasteiger charge is 2.87. The maximum absolute atomic E-state index is 2.58. The van der Waals surface area contributed by atoms with Crippen molar-refractivity contribution in [2.45, 2.75) is 54.4 Å². The van der Waals surface area contributed by atoms with Gasteiger partial charge in [-0.3, -0.25) is 0 Å². The molecule has 0 spiro atoms. The number of hydrogen-bond donors (Lipinski definition) is 0. The SMILES string of the molecule is CC1CC2(C)C(C)C3(C)CC1(C)C23C. The van der Waals surface area contributed by atoms with Crippen molar-refractivity contribution in [1.29, 1.82) is 0 Å². The molecule has 0 amide bonds. The fourth-order valence-corrected chi connectivity index (χ4v) is 6.52. The molecule has 0 N–H and O–H groups in total. The molecule has 0 radical (unpaired) electrons. The summed E-state index contributed by atoms with van der Waals surface area (Å²) in [4.78, 5) is 0. The van der Waals surface area contributed by atoms with Gasteiger partial charge in [-0.15, -0.1) is 0 Å². The van der Waals surface area contributed by atoms with Gasteiger partial charge in [0.2, 0.25) is 0 Å². The van der Waals surface area contributed by atoms with E-state index in [2.05, 4.69) is 41.5 Å². The fourth-order valence-electron chi connectivity index (χ4n) is 6.52. The molecule has 0 aromatic heterocycles. The van der Waals surface area contributed by atoms with E-state index in [4.69, 9.17) is 0 Å². The first-order valence-corrected chi connectivity index (χ1v) is 6.24. The summed E-state index contributed by atoms with van der Waals surface area (Å²) in [5, 5.41) is 0. The van der Waals surface area contributed by atoms with Gasteiger partial charge in [0, 0.05) is 0 Å². The van der Waals surface area contributed by atoms with E-state index in [0.717, 1.165) is 11.8 Å². The summed E-state index contributed by atoms with van der Waals surface area (Å²) < 4.78 is 0. The molecule has 80 valence electrons. The molecule has 3 aliphatic rings. The average Bonchev–Trinajstić information content (AvgIpc) is 2.18. The number of hydrogen-bond acceptors (Lipinski definition) is 0. The third-order valence-electron chi connectivity index (χ3n) is 7.89. The summed E-state index contributed by atoms with van der Waals surface area (Å²) in [6, 6.07) is 0. The van der Waals surface area contributed by atoms with Crippen molar-refractivity contribution in [3.05, 3.63) is 0 Å². The van der Waals surface area contributed by atoms with Gasteiger partial charge in [0.15, 0.2) is 0 Å². The lowest BCUT2D eigenvalue weighted by Crippen LogP contribution is -2.78. The van der Waals surface area contributed by atoms with Gasteiger partial charge in [-0.1, -0.05) is 41.5 Å². The largest absolute Gasteiger partial charge is 0.0619 e. The van der Waals surface area contributed by atoms with Crippen LogP contribution >= 0.6 is 0 Å². The Labute approximate surface area is 88.5 Å². The van der Waals surface area contributed by atoms with E-state index in [0.29, 0.717) is 21.7 Å². The molecule has 6 unspecified atom stereocenters. The molecule has 3 rings (SSSR count). The zero-order valence-electron chi connectivity index (χ0n) is 10.6. The van der Waals surface area contributed by atoms with Gasteiger partial charge in [0.25, 0.3) is 0 Å². The highest BCUT2D eigenvalue weighted by Crippen LogP contribution is 2.93. The molecular formula is C14H24. The summed E-state index contributed by atoms with van der Waals surface area (Å²) in [7, 11) is 0. The molecule has 0 aromatic carbocycles. The molecule has 0 heterocycles. The monoisotopic (exact) mass is 192 g/mol. The molecule has 6 atom stereocenters. The van der Waals surface area contributed by atoms with Crippen LogP contribution in [0.1, 0.15) is 54.4 Å². The van der Waals surface area contributed by atoms with Gasteiger partial charge in [-0.25, -0.2) is 0 Å². The third-order valence-corrected chi connectivity index (χ3v) is 7.89. The second-order valence-corrected chi connectivity index (χ2v) is 7.38. The van der Waals surface area contributed by atoms with Crippen molar-refractivity contribution in [1.82, 2.24) is 0 Å². The van der Waals surface area contributed by atoms with Gasteiger partial charge >= 0.3 is 0 Å². The smallest absolute Gasteiger partial charge is 0.0156 e. The molecular weight excluding hydrogens is 168 g/mol. The minimum atomic E-state index is 0.645. The van der Waals surface area contributed by atoms with Crippen molar-refractivity contribution in [3.8, 4) is 0 Å². The first-order valence-electron chi connectivity index (χ1n) is 6.24. The Balaban J connectivity index is 2.16. The van der Waals surface area contributed by atoms with Crippen LogP contribution in [0.4, 0.5) is 0 Å². The number of rotatable bonds is 0. The van der Waals surface area contributed by atoms with Crippen molar-refractivity contribution >= 4 is 0 Å². The summed E-state index contributed by atoms with van der Waals surface area (Å²) >= 11 is 0. The molecule has 3 saturated carbocycles. The van der Waals surface area contributed by atoms with E-state index in [1.807, 2.05) is 0 Å². The third kappa shape index (κ3) is 0.463. The lowest BCUT2D eigenvalue weighted by atomic mass is 9.21. The lowest BCUT2D eigenvalue weighted by Gasteiger charge is -2.83. The first kappa shape index (κ1) is 9.24. The van der Waals surface area contributed by atoms with E-state index in [1.165, 1.54) is 12.8 Å². The molecule has 0 saturated heterocycles. The molecule has 0 heteroatoms. The molecule has 0 aliphatic heterocycles. The second kappa shape index (κ2) is 1.83. The molecule has 0 nitrogen and oxygen atoms in total. The van der Waals surface area contributed by atoms with Crippen LogP contribution in [-0.4, -0.2) is 0 Å². The van der Waals surface area contributed by atoms with Crippen LogP contribution in [0.15, 0.2) is 0 Å². The molecule has 0 aromatic rings. The normalized spacial score (nSPS) is 75.0. The van der Waals surface area contributed by atoms with Gasteiger partial charge in [-0.2, -0.15) is 0 Å². The summed E-state index contributed by atoms with van der Waals surface area (Å²) in [5.74, 6) is 1.88. The van der Waals surface area contributed by atoms with Gasteiger partial charge in [0.05, 0.1) is 0 Å². The minimum Gasteiger partial charge on any atom is -0.0619 e. The zero-order valence-corrected chi connectivity index (χ0v) is 10.6. The van der Waals surface area contributed by atoms with Crippen LogP contribution in [0.3, 0.4) is 0 Å². The molecule has 3 aliphatic carbocycles. The lowest BCUT2D eigenvalue weighted by molar-refractivity contribution is -0.359. The van der Waals surface area contributed by atoms with E-state index in [-0.39, 0.29) is 0 Å². The Morgan fingerprint density at radius 1 is 0.857 bits per heavy atom. The van der Waals surface area contributed by atoms with Gasteiger partial charge in [-0.05, 0) is 46.3 Å². The van der Waals surface area contributed by atoms with Crippen molar-refractivity contribution in [3.63, 3.8) is 0 Å². The average molecular weight is 192 g/mol. The highest BCUT2D eigenvalue weighted by atomic mass is 14.9. The van der Waals surface area contributed by atoms with E-state index >= 15 is 0 Å². The van der Waals surface area contributed by atoms with Crippen LogP contribution in [0.5, 0.6) is 0 Å². The summed E-state index contributed by atoms with van der Waals surface area (Å²) in [5.41, 5.74) is 2.62. The topological polar surface area (TPSA) is 0 Å². The Morgan fingerprint density at radius 3 is 1.93 bits per heavy atom. The van der Waals surface area contributed by atoms with E-state index in [1.54, 1.807) is 0 Å². The summed E-state index contributed by atoms with van der Waals surface area (Å²) in [6.07, 6.45) is 2.95. The van der Waals surface area contributed by atoms with Gasteiger partial charge in [0.1, 0.15) is 0 Å². The summed E-state index contributed by atoms with van der Waals surface area (Å²) in [6.45, 7) is 15.2. The Hall–Kier alpha value is 0. The highest BCUT2D eigenvalue weighted by molar-refractivity contribution is 5.35. The Bertz CT molecular complexity index is 320. The predicted molar refractivity (Wildman–Crippen MR) is 60.0 cm³/mol. The van der Waals surface area contributed by atoms with Crippen LogP contribution in [0, 0.1) is 33.5 Å². The molecule has 3 fully saturated rings. The predicted octanol–water partition coefficient (Wildman–Crippen LogP) is 4.10. The van der Waals surface area contributed by atoms with Crippen LogP contribution in [0.2, 0.25) is 0 Å². The van der Waals surface area contributed by atoms with Gasteiger partial charge < -0.3 is 0 Å². The quantitative estimate of drug-likeness (QED) is 0.542. The molecule has 14 heavy (non-hydrogen) atoms. The van der Waals surface area contributed by atoms with Crippen LogP contribution in [0.25, 0.3) is 0 Å². The van der Waals surface area contributed by atoms with Crippen molar-refractivity contribution in [2.24, 2.45) is 33.5 Å². The standard InChI is InChI=1S/C14H24/c1-9-7-11(3)10(2)13(5)8-12(9,4)14(11,13)6/h9-10H,7-8H2,1-6H3. The van der Waals surface area contributed by atoms with E-state index in [9.17, 15) is 0 Å². The zero-order chi connectivity index (χ0) is 10.6. The Kier molecular flexibility index (Phi) is 1.21.